The first kappa shape index (κ1) is 21.9. The standard InChI is InChI=1S/C22H24ClN5O4/c1-11-7-8-14(13(23)9-11)24-20(30)12-10-17(29)26-19-18(12)21(31)28-22(27-19)25-15-5-3-4-6-16(15)32-2/h3-9,12,18-19,22,25,27H,10H2,1-2H3,(H,24,30)(H,26,29)(H,28,31). The van der Waals surface area contributed by atoms with E-state index in [0.717, 1.165) is 5.56 Å². The van der Waals surface area contributed by atoms with Gasteiger partial charge in [-0.15, -0.1) is 0 Å². The zero-order valence-corrected chi connectivity index (χ0v) is 18.3. The number of rotatable bonds is 5. The number of methoxy groups -OCH3 is 1. The predicted molar refractivity (Wildman–Crippen MR) is 120 cm³/mol. The average Bonchev–Trinajstić information content (AvgIpc) is 2.75. The van der Waals surface area contributed by atoms with Crippen molar-refractivity contribution in [1.82, 2.24) is 16.0 Å². The Kier molecular flexibility index (Phi) is 6.20. The van der Waals surface area contributed by atoms with Crippen molar-refractivity contribution in [3.63, 3.8) is 0 Å². The number of fused-ring (bicyclic) bond motifs is 1. The SMILES string of the molecule is COc1ccccc1NC1NC(=O)C2C(NC(=O)CC2C(=O)Nc2ccc(C)cc2Cl)N1. The van der Waals surface area contributed by atoms with Crippen LogP contribution in [0.1, 0.15) is 12.0 Å². The number of hydrogen-bond donors (Lipinski definition) is 5. The van der Waals surface area contributed by atoms with Crippen molar-refractivity contribution >= 4 is 40.7 Å². The van der Waals surface area contributed by atoms with Gasteiger partial charge in [0.1, 0.15) is 5.75 Å². The van der Waals surface area contributed by atoms with Crippen LogP contribution < -0.4 is 31.3 Å². The van der Waals surface area contributed by atoms with Crippen molar-refractivity contribution < 1.29 is 19.1 Å². The van der Waals surface area contributed by atoms with E-state index in [2.05, 4.69) is 26.6 Å². The average molecular weight is 458 g/mol. The van der Waals surface area contributed by atoms with Crippen LogP contribution in [0.25, 0.3) is 0 Å². The molecule has 0 aromatic heterocycles. The Hall–Kier alpha value is -3.30. The van der Waals surface area contributed by atoms with E-state index < -0.39 is 30.2 Å². The van der Waals surface area contributed by atoms with Crippen LogP contribution in [-0.2, 0) is 14.4 Å². The summed E-state index contributed by atoms with van der Waals surface area (Å²) >= 11 is 6.22. The van der Waals surface area contributed by atoms with E-state index in [9.17, 15) is 14.4 Å². The largest absolute Gasteiger partial charge is 0.495 e. The van der Waals surface area contributed by atoms with Crippen LogP contribution in [-0.4, -0.2) is 37.3 Å². The van der Waals surface area contributed by atoms with E-state index in [-0.39, 0.29) is 18.2 Å². The first-order valence-corrected chi connectivity index (χ1v) is 10.6. The maximum absolute atomic E-state index is 13.0. The van der Waals surface area contributed by atoms with Gasteiger partial charge in [-0.25, -0.2) is 0 Å². The van der Waals surface area contributed by atoms with Crippen molar-refractivity contribution in [2.75, 3.05) is 17.7 Å². The number of ether oxygens (including phenoxy) is 1. The highest BCUT2D eigenvalue weighted by Crippen LogP contribution is 2.30. The van der Waals surface area contributed by atoms with Gasteiger partial charge in [0.05, 0.1) is 41.5 Å². The smallest absolute Gasteiger partial charge is 0.229 e. The van der Waals surface area contributed by atoms with Gasteiger partial charge in [0.25, 0.3) is 0 Å². The molecule has 3 amide bonds. The van der Waals surface area contributed by atoms with Gasteiger partial charge in [0, 0.05) is 6.42 Å². The summed E-state index contributed by atoms with van der Waals surface area (Å²) in [4.78, 5) is 38.3. The minimum Gasteiger partial charge on any atom is -0.495 e. The van der Waals surface area contributed by atoms with E-state index in [4.69, 9.17) is 16.3 Å². The molecule has 2 fully saturated rings. The highest BCUT2D eigenvalue weighted by molar-refractivity contribution is 6.33. The molecular formula is C22H24ClN5O4. The van der Waals surface area contributed by atoms with E-state index in [1.165, 1.54) is 0 Å². The molecule has 4 atom stereocenters. The van der Waals surface area contributed by atoms with Crippen LogP contribution in [0.15, 0.2) is 42.5 Å². The number of nitrogens with one attached hydrogen (secondary N) is 5. The highest BCUT2D eigenvalue weighted by Gasteiger charge is 2.48. The molecule has 4 rings (SSSR count). The summed E-state index contributed by atoms with van der Waals surface area (Å²) < 4.78 is 5.32. The first-order chi connectivity index (χ1) is 15.4. The Labute approximate surface area is 190 Å². The fourth-order valence-electron chi connectivity index (χ4n) is 4.02. The van der Waals surface area contributed by atoms with Gasteiger partial charge in [0.15, 0.2) is 6.29 Å². The number of para-hydroxylation sites is 2. The number of anilines is 2. The molecule has 0 radical (unpaired) electrons. The van der Waals surface area contributed by atoms with Crippen LogP contribution in [0.2, 0.25) is 5.02 Å². The van der Waals surface area contributed by atoms with Crippen molar-refractivity contribution in [2.24, 2.45) is 11.8 Å². The Bertz CT molecular complexity index is 1060. The maximum atomic E-state index is 13.0. The Morgan fingerprint density at radius 2 is 1.91 bits per heavy atom. The number of piperidine rings is 1. The van der Waals surface area contributed by atoms with Crippen LogP contribution in [0.3, 0.4) is 0 Å². The molecular weight excluding hydrogens is 434 g/mol. The molecule has 4 unspecified atom stereocenters. The number of aryl methyl sites for hydroxylation is 1. The lowest BCUT2D eigenvalue weighted by Gasteiger charge is -2.43. The van der Waals surface area contributed by atoms with Gasteiger partial charge in [-0.05, 0) is 36.8 Å². The van der Waals surface area contributed by atoms with Gasteiger partial charge >= 0.3 is 0 Å². The zero-order chi connectivity index (χ0) is 22.8. The molecule has 2 aliphatic rings. The van der Waals surface area contributed by atoms with Crippen molar-refractivity contribution in [2.45, 2.75) is 25.8 Å². The van der Waals surface area contributed by atoms with Crippen LogP contribution >= 0.6 is 11.6 Å². The fourth-order valence-corrected chi connectivity index (χ4v) is 4.30. The van der Waals surface area contributed by atoms with Gasteiger partial charge in [0.2, 0.25) is 17.7 Å². The summed E-state index contributed by atoms with van der Waals surface area (Å²) in [6, 6.07) is 12.5. The van der Waals surface area contributed by atoms with E-state index in [0.29, 0.717) is 22.1 Å². The van der Waals surface area contributed by atoms with Crippen molar-refractivity contribution in [3.8, 4) is 5.75 Å². The number of carbonyl (C=O) groups excluding carboxylic acids is 3. The monoisotopic (exact) mass is 457 g/mol. The second-order valence-corrected chi connectivity index (χ2v) is 8.21. The molecule has 9 nitrogen and oxygen atoms in total. The normalized spacial score (nSPS) is 24.6. The van der Waals surface area contributed by atoms with Crippen LogP contribution in [0.4, 0.5) is 11.4 Å². The molecule has 5 N–H and O–H groups in total. The summed E-state index contributed by atoms with van der Waals surface area (Å²) in [7, 11) is 1.55. The third-order valence-electron chi connectivity index (χ3n) is 5.58. The lowest BCUT2D eigenvalue weighted by molar-refractivity contribution is -0.144. The lowest BCUT2D eigenvalue weighted by Crippen LogP contribution is -2.72. The Balaban J connectivity index is 1.50. The molecule has 0 saturated carbocycles. The molecule has 2 aromatic rings. The fraction of sp³-hybridized carbons (Fsp3) is 0.318. The second-order valence-electron chi connectivity index (χ2n) is 7.81. The summed E-state index contributed by atoms with van der Waals surface area (Å²) in [5, 5.41) is 15.0. The van der Waals surface area contributed by atoms with Gasteiger partial charge < -0.3 is 26.0 Å². The summed E-state index contributed by atoms with van der Waals surface area (Å²) in [6.45, 7) is 1.89. The molecule has 2 aromatic carbocycles. The van der Waals surface area contributed by atoms with Gasteiger partial charge in [-0.2, -0.15) is 0 Å². The lowest BCUT2D eigenvalue weighted by atomic mass is 9.81. The molecule has 32 heavy (non-hydrogen) atoms. The summed E-state index contributed by atoms with van der Waals surface area (Å²) in [6.07, 6.45) is -1.49. The van der Waals surface area contributed by atoms with Crippen LogP contribution in [0.5, 0.6) is 5.75 Å². The summed E-state index contributed by atoms with van der Waals surface area (Å²) in [5.74, 6) is -2.14. The molecule has 10 heteroatoms. The number of benzene rings is 2. The molecule has 2 heterocycles. The first-order valence-electron chi connectivity index (χ1n) is 10.2. The van der Waals surface area contributed by atoms with Crippen LogP contribution in [0, 0.1) is 18.8 Å². The third kappa shape index (κ3) is 4.49. The molecule has 168 valence electrons. The Morgan fingerprint density at radius 3 is 2.66 bits per heavy atom. The number of carbonyl (C=O) groups is 3. The second kappa shape index (κ2) is 9.05. The Morgan fingerprint density at radius 1 is 1.12 bits per heavy atom. The highest BCUT2D eigenvalue weighted by atomic mass is 35.5. The van der Waals surface area contributed by atoms with Gasteiger partial charge in [-0.1, -0.05) is 29.8 Å². The molecule has 0 spiro atoms. The topological polar surface area (TPSA) is 121 Å². The third-order valence-corrected chi connectivity index (χ3v) is 5.89. The molecule has 2 saturated heterocycles. The molecule has 0 bridgehead atoms. The number of amides is 3. The van der Waals surface area contributed by atoms with Crippen molar-refractivity contribution in [3.05, 3.63) is 53.1 Å². The minimum atomic E-state index is -0.856. The van der Waals surface area contributed by atoms with Crippen molar-refractivity contribution in [1.29, 1.82) is 0 Å². The predicted octanol–water partition coefficient (Wildman–Crippen LogP) is 1.79. The maximum Gasteiger partial charge on any atom is 0.229 e. The minimum absolute atomic E-state index is 0.101. The van der Waals surface area contributed by atoms with Gasteiger partial charge in [-0.3, -0.25) is 19.7 Å². The zero-order valence-electron chi connectivity index (χ0n) is 17.6. The summed E-state index contributed by atoms with van der Waals surface area (Å²) in [5.41, 5.74) is 2.05. The number of halogens is 1. The van der Waals surface area contributed by atoms with E-state index >= 15 is 0 Å². The van der Waals surface area contributed by atoms with E-state index in [1.54, 1.807) is 31.4 Å². The molecule has 2 aliphatic heterocycles. The quantitative estimate of drug-likeness (QED) is 0.467. The number of hydrogen-bond acceptors (Lipinski definition) is 6. The molecule has 0 aliphatic carbocycles. The van der Waals surface area contributed by atoms with E-state index in [1.807, 2.05) is 25.1 Å².